The van der Waals surface area contributed by atoms with Crippen LogP contribution in [0.1, 0.15) is 27.6 Å². The van der Waals surface area contributed by atoms with E-state index in [1.807, 2.05) is 0 Å². The predicted octanol–water partition coefficient (Wildman–Crippen LogP) is 2.77. The Labute approximate surface area is 170 Å². The van der Waals surface area contributed by atoms with Gasteiger partial charge in [-0.05, 0) is 35.4 Å². The molecule has 0 saturated heterocycles. The molecule has 0 radical (unpaired) electrons. The van der Waals surface area contributed by atoms with Crippen LogP contribution in [0.2, 0.25) is 0 Å². The van der Waals surface area contributed by atoms with E-state index in [9.17, 15) is 30.3 Å². The van der Waals surface area contributed by atoms with Crippen LogP contribution in [0.3, 0.4) is 0 Å². The van der Waals surface area contributed by atoms with E-state index in [0.717, 1.165) is 11.6 Å². The maximum absolute atomic E-state index is 12.5. The van der Waals surface area contributed by atoms with Crippen LogP contribution in [-0.4, -0.2) is 37.4 Å². The summed E-state index contributed by atoms with van der Waals surface area (Å²) in [6.45, 7) is 0.106. The number of ether oxygens (including phenoxy) is 2. The standard InChI is InChI=1S/C22H18O8/c23-13-4-1-11(2-5-13)10-29-17-7-12(3-6-15(17)25)22-21(28)20(27)19-16(26)8-14(24)9-18(19)30-22/h1-9,21-26,28H,10H2. The Morgan fingerprint density at radius 1 is 0.867 bits per heavy atom. The lowest BCUT2D eigenvalue weighted by atomic mass is 9.92. The smallest absolute Gasteiger partial charge is 0.202 e. The number of carbonyl (C=O) groups excluding carboxylic acids is 1. The van der Waals surface area contributed by atoms with Crippen LogP contribution in [0, 0.1) is 0 Å². The van der Waals surface area contributed by atoms with Crippen molar-refractivity contribution in [2.24, 2.45) is 0 Å². The van der Waals surface area contributed by atoms with E-state index >= 15 is 0 Å². The Balaban J connectivity index is 1.61. The number of aromatic hydroxyl groups is 4. The minimum Gasteiger partial charge on any atom is -0.508 e. The number of hydrogen-bond acceptors (Lipinski definition) is 8. The molecule has 8 heteroatoms. The van der Waals surface area contributed by atoms with Gasteiger partial charge in [-0.3, -0.25) is 4.79 Å². The summed E-state index contributed by atoms with van der Waals surface area (Å²) in [7, 11) is 0. The quantitative estimate of drug-likeness (QED) is 0.443. The third kappa shape index (κ3) is 3.56. The molecule has 0 fully saturated rings. The molecule has 0 saturated carbocycles. The highest BCUT2D eigenvalue weighted by atomic mass is 16.5. The van der Waals surface area contributed by atoms with Gasteiger partial charge in [0.2, 0.25) is 5.78 Å². The normalized spacial score (nSPS) is 17.8. The van der Waals surface area contributed by atoms with Gasteiger partial charge in [-0.1, -0.05) is 18.2 Å². The number of phenols is 4. The Morgan fingerprint density at radius 3 is 2.33 bits per heavy atom. The molecule has 154 valence electrons. The first-order valence-corrected chi connectivity index (χ1v) is 9.02. The van der Waals surface area contributed by atoms with Gasteiger partial charge in [-0.15, -0.1) is 0 Å². The van der Waals surface area contributed by atoms with E-state index in [1.165, 1.54) is 36.4 Å². The Hall–Kier alpha value is -3.91. The Morgan fingerprint density at radius 2 is 1.60 bits per heavy atom. The second-order valence-corrected chi connectivity index (χ2v) is 6.87. The minimum atomic E-state index is -1.61. The monoisotopic (exact) mass is 410 g/mol. The molecule has 1 heterocycles. The molecule has 0 spiro atoms. The summed E-state index contributed by atoms with van der Waals surface area (Å²) in [6.07, 6.45) is -2.75. The average molecular weight is 410 g/mol. The fraction of sp³-hybridized carbons (Fsp3) is 0.136. The summed E-state index contributed by atoms with van der Waals surface area (Å²) >= 11 is 0. The first-order chi connectivity index (χ1) is 14.3. The fourth-order valence-corrected chi connectivity index (χ4v) is 3.24. The van der Waals surface area contributed by atoms with Crippen molar-refractivity contribution >= 4 is 5.78 Å². The molecule has 1 aliphatic heterocycles. The van der Waals surface area contributed by atoms with Crippen molar-refractivity contribution in [3.05, 3.63) is 71.3 Å². The number of ketones is 1. The summed E-state index contributed by atoms with van der Waals surface area (Å²) in [4.78, 5) is 12.5. The molecular formula is C22H18O8. The van der Waals surface area contributed by atoms with E-state index in [2.05, 4.69) is 0 Å². The van der Waals surface area contributed by atoms with Crippen molar-refractivity contribution in [3.8, 4) is 34.5 Å². The third-order valence-corrected chi connectivity index (χ3v) is 4.76. The second kappa shape index (κ2) is 7.49. The lowest BCUT2D eigenvalue weighted by molar-refractivity contribution is 0.0209. The van der Waals surface area contributed by atoms with Gasteiger partial charge in [0, 0.05) is 12.1 Å². The molecule has 8 nitrogen and oxygen atoms in total. The average Bonchev–Trinajstić information content (AvgIpc) is 2.71. The molecule has 1 aliphatic rings. The van der Waals surface area contributed by atoms with E-state index in [0.29, 0.717) is 5.56 Å². The van der Waals surface area contributed by atoms with Crippen molar-refractivity contribution in [2.75, 3.05) is 0 Å². The molecule has 0 aromatic heterocycles. The van der Waals surface area contributed by atoms with Crippen molar-refractivity contribution in [2.45, 2.75) is 18.8 Å². The molecule has 5 N–H and O–H groups in total. The molecule has 2 atom stereocenters. The Bertz CT molecular complexity index is 1110. The fourth-order valence-electron chi connectivity index (χ4n) is 3.24. The number of aliphatic hydroxyl groups excluding tert-OH is 1. The van der Waals surface area contributed by atoms with Crippen molar-refractivity contribution < 1.29 is 39.8 Å². The zero-order valence-corrected chi connectivity index (χ0v) is 15.5. The van der Waals surface area contributed by atoms with Gasteiger partial charge >= 0.3 is 0 Å². The number of benzene rings is 3. The topological polar surface area (TPSA) is 137 Å². The zero-order valence-electron chi connectivity index (χ0n) is 15.5. The van der Waals surface area contributed by atoms with Gasteiger partial charge < -0.3 is 35.0 Å². The molecule has 0 bridgehead atoms. The maximum atomic E-state index is 12.5. The highest BCUT2D eigenvalue weighted by Crippen LogP contribution is 2.43. The van der Waals surface area contributed by atoms with Gasteiger partial charge in [-0.25, -0.2) is 0 Å². The van der Waals surface area contributed by atoms with E-state index in [4.69, 9.17) is 9.47 Å². The number of Topliss-reactive ketones (excluding diaryl/α,β-unsaturated/α-hetero) is 1. The zero-order chi connectivity index (χ0) is 21.4. The molecule has 0 amide bonds. The molecule has 30 heavy (non-hydrogen) atoms. The number of carbonyl (C=O) groups is 1. The third-order valence-electron chi connectivity index (χ3n) is 4.76. The van der Waals surface area contributed by atoms with Gasteiger partial charge in [0.15, 0.2) is 23.7 Å². The second-order valence-electron chi connectivity index (χ2n) is 6.87. The number of hydrogen-bond donors (Lipinski definition) is 5. The highest BCUT2D eigenvalue weighted by Gasteiger charge is 2.39. The van der Waals surface area contributed by atoms with Gasteiger partial charge in [0.25, 0.3) is 0 Å². The first-order valence-electron chi connectivity index (χ1n) is 9.02. The largest absolute Gasteiger partial charge is 0.508 e. The Kier molecular flexibility index (Phi) is 4.85. The van der Waals surface area contributed by atoms with Crippen LogP contribution in [0.4, 0.5) is 0 Å². The van der Waals surface area contributed by atoms with Crippen LogP contribution < -0.4 is 9.47 Å². The highest BCUT2D eigenvalue weighted by molar-refractivity contribution is 6.05. The van der Waals surface area contributed by atoms with E-state index < -0.39 is 23.7 Å². The van der Waals surface area contributed by atoms with Crippen LogP contribution in [-0.2, 0) is 6.61 Å². The lowest BCUT2D eigenvalue weighted by Crippen LogP contribution is -2.36. The van der Waals surface area contributed by atoms with E-state index in [-0.39, 0.29) is 40.9 Å². The summed E-state index contributed by atoms with van der Waals surface area (Å²) in [5, 5.41) is 49.5. The van der Waals surface area contributed by atoms with Crippen LogP contribution in [0.5, 0.6) is 34.5 Å². The summed E-state index contributed by atoms with van der Waals surface area (Å²) < 4.78 is 11.3. The molecule has 0 aliphatic carbocycles. The van der Waals surface area contributed by atoms with Gasteiger partial charge in [-0.2, -0.15) is 0 Å². The number of fused-ring (bicyclic) bond motifs is 1. The number of aliphatic hydroxyl groups is 1. The SMILES string of the molecule is O=C1c2c(O)cc(O)cc2OC(c2ccc(O)c(OCc3ccc(O)cc3)c2)C1O. The van der Waals surface area contributed by atoms with Crippen molar-refractivity contribution in [1.82, 2.24) is 0 Å². The van der Waals surface area contributed by atoms with Crippen LogP contribution in [0.15, 0.2) is 54.6 Å². The van der Waals surface area contributed by atoms with Gasteiger partial charge in [0.1, 0.15) is 35.2 Å². The van der Waals surface area contributed by atoms with Gasteiger partial charge in [0.05, 0.1) is 0 Å². The molecule has 4 rings (SSSR count). The minimum absolute atomic E-state index is 0.0626. The number of rotatable bonds is 4. The first kappa shape index (κ1) is 19.4. The van der Waals surface area contributed by atoms with Crippen LogP contribution in [0.25, 0.3) is 0 Å². The summed E-state index contributed by atoms with van der Waals surface area (Å²) in [5.74, 6) is -1.52. The maximum Gasteiger partial charge on any atom is 0.202 e. The summed E-state index contributed by atoms with van der Waals surface area (Å²) in [6, 6.07) is 12.8. The van der Waals surface area contributed by atoms with Crippen LogP contribution >= 0.6 is 0 Å². The van der Waals surface area contributed by atoms with Crippen molar-refractivity contribution in [1.29, 1.82) is 0 Å². The molecule has 3 aromatic rings. The molecular weight excluding hydrogens is 392 g/mol. The van der Waals surface area contributed by atoms with E-state index in [1.54, 1.807) is 12.1 Å². The predicted molar refractivity (Wildman–Crippen MR) is 104 cm³/mol. The lowest BCUT2D eigenvalue weighted by Gasteiger charge is -2.30. The summed E-state index contributed by atoms with van der Waals surface area (Å²) in [5.41, 5.74) is 0.892. The number of phenolic OH excluding ortho intramolecular Hbond substituents is 4. The molecule has 2 unspecified atom stereocenters. The molecule has 3 aromatic carbocycles. The van der Waals surface area contributed by atoms with Crippen molar-refractivity contribution in [3.63, 3.8) is 0 Å².